The minimum Gasteiger partial charge on any atom is -0.352 e. The van der Waals surface area contributed by atoms with Crippen LogP contribution >= 0.6 is 0 Å². The molecule has 0 aromatic rings. The molecule has 3 aliphatic carbocycles. The molecule has 0 aromatic carbocycles. The zero-order valence-corrected chi connectivity index (χ0v) is 19.4. The highest BCUT2D eigenvalue weighted by Gasteiger charge is 2.64. The third-order valence-corrected chi connectivity index (χ3v) is 8.88. The van der Waals surface area contributed by atoms with Gasteiger partial charge in [-0.2, -0.15) is 13.2 Å². The Morgan fingerprint density at radius 1 is 1.03 bits per heavy atom. The fraction of sp³-hybridized carbons (Fsp3) is 1.00. The molecule has 3 saturated carbocycles. The van der Waals surface area contributed by atoms with Crippen molar-refractivity contribution in [3.63, 3.8) is 0 Å². The normalized spacial score (nSPS) is 43.9. The minimum absolute atomic E-state index is 0.103. The lowest BCUT2D eigenvalue weighted by Gasteiger charge is -2.43. The molecule has 2 nitrogen and oxygen atoms in total. The van der Waals surface area contributed by atoms with Gasteiger partial charge in [0.15, 0.2) is 5.60 Å². The summed E-state index contributed by atoms with van der Waals surface area (Å²) >= 11 is 0. The lowest BCUT2D eigenvalue weighted by atomic mass is 9.70. The number of hydrogen-bond acceptors (Lipinski definition) is 2. The molecule has 3 aliphatic rings. The van der Waals surface area contributed by atoms with Crippen LogP contribution in [0.2, 0.25) is 0 Å². The van der Waals surface area contributed by atoms with Crippen LogP contribution in [0, 0.1) is 41.4 Å². The fourth-order valence-corrected chi connectivity index (χ4v) is 6.64. The van der Waals surface area contributed by atoms with Gasteiger partial charge in [-0.25, -0.2) is 4.39 Å². The van der Waals surface area contributed by atoms with Gasteiger partial charge in [0.05, 0.1) is 6.10 Å². The molecule has 0 spiro atoms. The Bertz CT molecular complexity index is 592. The average Bonchev–Trinajstić information content (AvgIpc) is 3.09. The molecule has 0 aromatic heterocycles. The van der Waals surface area contributed by atoms with E-state index in [1.807, 2.05) is 6.92 Å². The first-order valence-electron chi connectivity index (χ1n) is 11.8. The predicted octanol–water partition coefficient (Wildman–Crippen LogP) is 7.17. The first-order chi connectivity index (χ1) is 13.8. The van der Waals surface area contributed by atoms with Gasteiger partial charge in [-0.05, 0) is 74.0 Å². The van der Waals surface area contributed by atoms with E-state index in [0.717, 1.165) is 26.2 Å². The maximum Gasteiger partial charge on any atom is 0.417 e. The summed E-state index contributed by atoms with van der Waals surface area (Å²) in [6.45, 7) is 11.0. The van der Waals surface area contributed by atoms with E-state index < -0.39 is 30.7 Å². The maximum atomic E-state index is 15.8. The second-order valence-corrected chi connectivity index (χ2v) is 11.3. The molecule has 0 amide bonds. The van der Waals surface area contributed by atoms with E-state index in [4.69, 9.17) is 9.47 Å². The summed E-state index contributed by atoms with van der Waals surface area (Å²) < 4.78 is 69.2. The SMILES string of the molecule is CC1CCC(C(C)C)C(OCOC(C)(CC2(F)CC3CC2C(C)C3C)C(F)(F)F)C1. The van der Waals surface area contributed by atoms with Crippen LogP contribution in [0.15, 0.2) is 0 Å². The van der Waals surface area contributed by atoms with Crippen molar-refractivity contribution >= 4 is 0 Å². The van der Waals surface area contributed by atoms with Crippen LogP contribution in [0.4, 0.5) is 17.6 Å². The van der Waals surface area contributed by atoms with E-state index in [9.17, 15) is 13.2 Å². The Kier molecular flexibility index (Phi) is 6.91. The van der Waals surface area contributed by atoms with Gasteiger partial charge in [0.25, 0.3) is 0 Å². The van der Waals surface area contributed by atoms with Crippen molar-refractivity contribution < 1.29 is 27.0 Å². The average molecular weight is 437 g/mol. The smallest absolute Gasteiger partial charge is 0.352 e. The standard InChI is InChI=1S/C24H40F4O2/c1-14(2)19-8-7-15(3)9-21(19)29-13-30-22(6,24(26,27)28)12-23(25)11-18-10-20(23)17(5)16(18)4/h14-21H,7-13H2,1-6H3. The molecule has 0 aliphatic heterocycles. The van der Waals surface area contributed by atoms with Crippen molar-refractivity contribution in [2.45, 2.75) is 104 Å². The summed E-state index contributed by atoms with van der Waals surface area (Å²) in [6.07, 6.45) is -1.51. The van der Waals surface area contributed by atoms with Gasteiger partial charge in [0.2, 0.25) is 0 Å². The molecule has 9 atom stereocenters. The quantitative estimate of drug-likeness (QED) is 0.311. The molecule has 2 bridgehead atoms. The van der Waals surface area contributed by atoms with Crippen LogP contribution in [0.5, 0.6) is 0 Å². The molecule has 0 saturated heterocycles. The van der Waals surface area contributed by atoms with E-state index in [-0.39, 0.29) is 30.3 Å². The van der Waals surface area contributed by atoms with Crippen LogP contribution < -0.4 is 0 Å². The van der Waals surface area contributed by atoms with Crippen LogP contribution in [0.1, 0.15) is 80.1 Å². The van der Waals surface area contributed by atoms with Crippen LogP contribution in [-0.2, 0) is 9.47 Å². The third kappa shape index (κ3) is 4.55. The van der Waals surface area contributed by atoms with Crippen molar-refractivity contribution in [1.82, 2.24) is 0 Å². The van der Waals surface area contributed by atoms with Crippen molar-refractivity contribution in [1.29, 1.82) is 0 Å². The molecule has 3 rings (SSSR count). The van der Waals surface area contributed by atoms with Gasteiger partial charge in [-0.1, -0.05) is 41.0 Å². The topological polar surface area (TPSA) is 18.5 Å². The number of halogens is 4. The monoisotopic (exact) mass is 436 g/mol. The van der Waals surface area contributed by atoms with Gasteiger partial charge < -0.3 is 9.47 Å². The van der Waals surface area contributed by atoms with E-state index >= 15 is 4.39 Å². The van der Waals surface area contributed by atoms with Gasteiger partial charge in [-0.3, -0.25) is 0 Å². The summed E-state index contributed by atoms with van der Waals surface area (Å²) in [4.78, 5) is 0. The summed E-state index contributed by atoms with van der Waals surface area (Å²) in [5.41, 5.74) is -4.36. The molecule has 3 fully saturated rings. The largest absolute Gasteiger partial charge is 0.417 e. The molecule has 0 N–H and O–H groups in total. The summed E-state index contributed by atoms with van der Waals surface area (Å²) in [7, 11) is 0. The van der Waals surface area contributed by atoms with Gasteiger partial charge in [-0.15, -0.1) is 0 Å². The highest BCUT2D eigenvalue weighted by molar-refractivity contribution is 5.09. The summed E-state index contributed by atoms with van der Waals surface area (Å²) in [5.74, 6) is 1.57. The molecule has 6 heteroatoms. The molecule has 9 unspecified atom stereocenters. The van der Waals surface area contributed by atoms with E-state index in [2.05, 4.69) is 27.7 Å². The maximum absolute atomic E-state index is 15.8. The fourth-order valence-electron chi connectivity index (χ4n) is 6.64. The summed E-state index contributed by atoms with van der Waals surface area (Å²) in [6, 6.07) is 0. The number of alkyl halides is 4. The number of fused-ring (bicyclic) bond motifs is 2. The zero-order valence-electron chi connectivity index (χ0n) is 19.4. The van der Waals surface area contributed by atoms with Gasteiger partial charge >= 0.3 is 6.18 Å². The van der Waals surface area contributed by atoms with Gasteiger partial charge in [0, 0.05) is 6.42 Å². The summed E-state index contributed by atoms with van der Waals surface area (Å²) in [5, 5.41) is 0. The van der Waals surface area contributed by atoms with Crippen molar-refractivity contribution in [3.05, 3.63) is 0 Å². The van der Waals surface area contributed by atoms with Crippen LogP contribution in [0.25, 0.3) is 0 Å². The highest BCUT2D eigenvalue weighted by atomic mass is 19.4. The molecule has 176 valence electrons. The second-order valence-electron chi connectivity index (χ2n) is 11.3. The number of hydrogen-bond donors (Lipinski definition) is 0. The van der Waals surface area contributed by atoms with E-state index in [0.29, 0.717) is 30.1 Å². The molecule has 30 heavy (non-hydrogen) atoms. The molecular weight excluding hydrogens is 396 g/mol. The Hall–Kier alpha value is -0.360. The highest BCUT2D eigenvalue weighted by Crippen LogP contribution is 2.61. The van der Waals surface area contributed by atoms with Gasteiger partial charge in [0.1, 0.15) is 12.5 Å². The van der Waals surface area contributed by atoms with Crippen LogP contribution in [-0.4, -0.2) is 30.3 Å². The minimum atomic E-state index is -4.65. The molecular formula is C24H40F4O2. The van der Waals surface area contributed by atoms with E-state index in [1.54, 1.807) is 0 Å². The zero-order chi connectivity index (χ0) is 22.5. The van der Waals surface area contributed by atoms with Crippen molar-refractivity contribution in [2.75, 3.05) is 6.79 Å². The molecule has 0 heterocycles. The lowest BCUT2D eigenvalue weighted by Crippen LogP contribution is -2.53. The Labute approximate surface area is 179 Å². The van der Waals surface area contributed by atoms with Crippen molar-refractivity contribution in [2.24, 2.45) is 41.4 Å². The lowest BCUT2D eigenvalue weighted by molar-refractivity contribution is -0.309. The van der Waals surface area contributed by atoms with Crippen LogP contribution in [0.3, 0.4) is 0 Å². The first-order valence-corrected chi connectivity index (χ1v) is 11.8. The molecule has 0 radical (unpaired) electrons. The number of ether oxygens (including phenoxy) is 2. The third-order valence-electron chi connectivity index (χ3n) is 8.88. The Balaban J connectivity index is 1.66. The van der Waals surface area contributed by atoms with E-state index in [1.165, 1.54) is 0 Å². The van der Waals surface area contributed by atoms with Crippen molar-refractivity contribution in [3.8, 4) is 0 Å². The predicted molar refractivity (Wildman–Crippen MR) is 110 cm³/mol. The second kappa shape index (κ2) is 8.53. The number of rotatable bonds is 7. The Morgan fingerprint density at radius 2 is 1.70 bits per heavy atom. The first kappa shape index (κ1) is 24.3. The Morgan fingerprint density at radius 3 is 2.23 bits per heavy atom.